The third-order valence-electron chi connectivity index (χ3n) is 4.79. The summed E-state index contributed by atoms with van der Waals surface area (Å²) in [5, 5.41) is 2.93. The monoisotopic (exact) mass is 337 g/mol. The maximum Gasteiger partial charge on any atom is 0.389 e. The zero-order chi connectivity index (χ0) is 17.0. The Hall–Kier alpha value is -1.02. The summed E-state index contributed by atoms with van der Waals surface area (Å²) in [7, 11) is 0. The van der Waals surface area contributed by atoms with E-state index < -0.39 is 18.5 Å². The van der Waals surface area contributed by atoms with E-state index in [-0.39, 0.29) is 24.7 Å². The summed E-state index contributed by atoms with van der Waals surface area (Å²) in [6.07, 6.45) is -4.55. The summed E-state index contributed by atoms with van der Waals surface area (Å²) < 4.78 is 42.6. The molecule has 134 valence electrons. The Morgan fingerprint density at radius 2 is 1.91 bits per heavy atom. The SMILES string of the molecule is CC([C@H](C)NC(=O)N1CC[C@@H](CC(F)(F)F)C1)N1CCOCC1. The van der Waals surface area contributed by atoms with Gasteiger partial charge in [0.2, 0.25) is 0 Å². The van der Waals surface area contributed by atoms with Crippen molar-refractivity contribution in [3.63, 3.8) is 0 Å². The molecule has 0 aromatic heterocycles. The van der Waals surface area contributed by atoms with Gasteiger partial charge in [-0.1, -0.05) is 0 Å². The molecule has 2 saturated heterocycles. The van der Waals surface area contributed by atoms with Gasteiger partial charge >= 0.3 is 12.2 Å². The van der Waals surface area contributed by atoms with Gasteiger partial charge < -0.3 is 15.0 Å². The van der Waals surface area contributed by atoms with Gasteiger partial charge in [0, 0.05) is 44.7 Å². The molecule has 2 heterocycles. The number of nitrogens with one attached hydrogen (secondary N) is 1. The minimum Gasteiger partial charge on any atom is -0.379 e. The maximum absolute atomic E-state index is 12.4. The average Bonchev–Trinajstić information content (AvgIpc) is 2.93. The summed E-state index contributed by atoms with van der Waals surface area (Å²) in [4.78, 5) is 16.0. The number of urea groups is 1. The van der Waals surface area contributed by atoms with Crippen LogP contribution in [0.2, 0.25) is 0 Å². The highest BCUT2D eigenvalue weighted by Gasteiger charge is 2.37. The van der Waals surface area contributed by atoms with Gasteiger partial charge in [-0.25, -0.2) is 4.79 Å². The number of likely N-dealkylation sites (tertiary alicyclic amines) is 1. The van der Waals surface area contributed by atoms with Crippen LogP contribution < -0.4 is 5.32 Å². The molecule has 3 atom stereocenters. The number of amides is 2. The van der Waals surface area contributed by atoms with Gasteiger partial charge in [0.05, 0.1) is 13.2 Å². The molecular weight excluding hydrogens is 311 g/mol. The Labute approximate surface area is 135 Å². The van der Waals surface area contributed by atoms with E-state index in [1.165, 1.54) is 4.90 Å². The lowest BCUT2D eigenvalue weighted by atomic mass is 10.1. The Balaban J connectivity index is 1.77. The fourth-order valence-corrected chi connectivity index (χ4v) is 3.22. The number of hydrogen-bond donors (Lipinski definition) is 1. The van der Waals surface area contributed by atoms with Crippen LogP contribution in [0, 0.1) is 5.92 Å². The molecule has 1 N–H and O–H groups in total. The molecule has 0 spiro atoms. The first-order chi connectivity index (χ1) is 10.8. The first kappa shape index (κ1) is 18.3. The number of alkyl halides is 3. The van der Waals surface area contributed by atoms with Crippen molar-refractivity contribution in [3.05, 3.63) is 0 Å². The molecule has 0 aliphatic carbocycles. The summed E-state index contributed by atoms with van der Waals surface area (Å²) in [6.45, 7) is 7.60. The van der Waals surface area contributed by atoms with Crippen molar-refractivity contribution in [2.24, 2.45) is 5.92 Å². The van der Waals surface area contributed by atoms with Crippen molar-refractivity contribution in [3.8, 4) is 0 Å². The lowest BCUT2D eigenvalue weighted by Gasteiger charge is -2.36. The molecule has 5 nitrogen and oxygen atoms in total. The zero-order valence-electron chi connectivity index (χ0n) is 13.7. The normalized spacial score (nSPS) is 26.1. The van der Waals surface area contributed by atoms with Gasteiger partial charge in [-0.15, -0.1) is 0 Å². The smallest absolute Gasteiger partial charge is 0.379 e. The molecule has 1 unspecified atom stereocenters. The van der Waals surface area contributed by atoms with Crippen LogP contribution in [0.3, 0.4) is 0 Å². The van der Waals surface area contributed by atoms with Crippen LogP contribution >= 0.6 is 0 Å². The molecule has 0 radical (unpaired) electrons. The van der Waals surface area contributed by atoms with Crippen molar-refractivity contribution in [2.75, 3.05) is 39.4 Å². The maximum atomic E-state index is 12.4. The number of halogens is 3. The zero-order valence-corrected chi connectivity index (χ0v) is 13.7. The molecule has 0 saturated carbocycles. The van der Waals surface area contributed by atoms with Gasteiger partial charge in [0.1, 0.15) is 0 Å². The van der Waals surface area contributed by atoms with Crippen molar-refractivity contribution in [2.45, 2.75) is 44.9 Å². The minimum atomic E-state index is -4.16. The lowest BCUT2D eigenvalue weighted by molar-refractivity contribution is -0.143. The van der Waals surface area contributed by atoms with Crippen LogP contribution in [0.1, 0.15) is 26.7 Å². The van der Waals surface area contributed by atoms with Crippen LogP contribution in [0.5, 0.6) is 0 Å². The molecule has 0 aromatic carbocycles. The number of rotatable bonds is 4. The third kappa shape index (κ3) is 5.53. The molecule has 23 heavy (non-hydrogen) atoms. The number of morpholine rings is 1. The van der Waals surface area contributed by atoms with E-state index in [9.17, 15) is 18.0 Å². The van der Waals surface area contributed by atoms with Gasteiger partial charge in [-0.3, -0.25) is 4.90 Å². The van der Waals surface area contributed by atoms with Crippen LogP contribution in [-0.4, -0.2) is 73.5 Å². The topological polar surface area (TPSA) is 44.8 Å². The molecule has 2 fully saturated rings. The fraction of sp³-hybridized carbons (Fsp3) is 0.933. The summed E-state index contributed by atoms with van der Waals surface area (Å²) >= 11 is 0. The Morgan fingerprint density at radius 1 is 1.26 bits per heavy atom. The molecule has 0 bridgehead atoms. The molecule has 8 heteroatoms. The highest BCUT2D eigenvalue weighted by molar-refractivity contribution is 5.74. The Kier molecular flexibility index (Phi) is 6.13. The minimum absolute atomic E-state index is 0.0673. The summed E-state index contributed by atoms with van der Waals surface area (Å²) in [6, 6.07) is -0.166. The Bertz CT molecular complexity index is 400. The van der Waals surface area contributed by atoms with E-state index in [0.29, 0.717) is 26.2 Å². The van der Waals surface area contributed by atoms with E-state index in [1.54, 1.807) is 0 Å². The van der Waals surface area contributed by atoms with Crippen LogP contribution in [0.25, 0.3) is 0 Å². The predicted octanol–water partition coefficient (Wildman–Crippen LogP) is 2.08. The summed E-state index contributed by atoms with van der Waals surface area (Å²) in [5.41, 5.74) is 0. The molecule has 0 aromatic rings. The quantitative estimate of drug-likeness (QED) is 0.854. The van der Waals surface area contributed by atoms with Crippen molar-refractivity contribution in [1.29, 1.82) is 0 Å². The van der Waals surface area contributed by atoms with Crippen LogP contribution in [0.15, 0.2) is 0 Å². The lowest BCUT2D eigenvalue weighted by Crippen LogP contribution is -2.54. The van der Waals surface area contributed by atoms with Crippen LogP contribution in [0.4, 0.5) is 18.0 Å². The molecular formula is C15H26F3N3O2. The largest absolute Gasteiger partial charge is 0.389 e. The number of nitrogens with zero attached hydrogens (tertiary/aromatic N) is 2. The van der Waals surface area contributed by atoms with E-state index in [0.717, 1.165) is 13.1 Å². The van der Waals surface area contributed by atoms with Gasteiger partial charge in [-0.05, 0) is 26.2 Å². The average molecular weight is 337 g/mol. The Morgan fingerprint density at radius 3 is 2.52 bits per heavy atom. The van der Waals surface area contributed by atoms with Crippen molar-refractivity contribution in [1.82, 2.24) is 15.1 Å². The van der Waals surface area contributed by atoms with Gasteiger partial charge in [0.25, 0.3) is 0 Å². The number of ether oxygens (including phenoxy) is 1. The highest BCUT2D eigenvalue weighted by atomic mass is 19.4. The first-order valence-corrected chi connectivity index (χ1v) is 8.20. The molecule has 2 rings (SSSR count). The van der Waals surface area contributed by atoms with Crippen molar-refractivity contribution < 1.29 is 22.7 Å². The second kappa shape index (κ2) is 7.70. The van der Waals surface area contributed by atoms with E-state index in [4.69, 9.17) is 4.74 Å². The third-order valence-corrected chi connectivity index (χ3v) is 4.79. The number of carbonyl (C=O) groups is 1. The van der Waals surface area contributed by atoms with E-state index in [2.05, 4.69) is 10.2 Å². The standard InChI is InChI=1S/C15H26F3N3O2/c1-11(12(2)20-5-7-23-8-6-20)19-14(22)21-4-3-13(10-21)9-15(16,17)18/h11-13H,3-10H2,1-2H3,(H,19,22)/t11-,12?,13-/m0/s1. The first-order valence-electron chi connectivity index (χ1n) is 8.20. The van der Waals surface area contributed by atoms with E-state index in [1.807, 2.05) is 13.8 Å². The summed E-state index contributed by atoms with van der Waals surface area (Å²) in [5.74, 6) is -0.479. The fourth-order valence-electron chi connectivity index (χ4n) is 3.22. The number of hydrogen-bond acceptors (Lipinski definition) is 3. The molecule has 2 amide bonds. The second-order valence-corrected chi connectivity index (χ2v) is 6.55. The van der Waals surface area contributed by atoms with Crippen LogP contribution in [-0.2, 0) is 4.74 Å². The number of carbonyl (C=O) groups excluding carboxylic acids is 1. The van der Waals surface area contributed by atoms with Gasteiger partial charge in [0.15, 0.2) is 0 Å². The predicted molar refractivity (Wildman–Crippen MR) is 80.2 cm³/mol. The molecule has 2 aliphatic rings. The molecule has 2 aliphatic heterocycles. The highest BCUT2D eigenvalue weighted by Crippen LogP contribution is 2.30. The van der Waals surface area contributed by atoms with Gasteiger partial charge in [-0.2, -0.15) is 13.2 Å². The second-order valence-electron chi connectivity index (χ2n) is 6.55. The van der Waals surface area contributed by atoms with Crippen molar-refractivity contribution >= 4 is 6.03 Å². The van der Waals surface area contributed by atoms with E-state index >= 15 is 0 Å².